The summed E-state index contributed by atoms with van der Waals surface area (Å²) in [7, 11) is 0. The maximum absolute atomic E-state index is 3.86. The zero-order valence-corrected chi connectivity index (χ0v) is 25.4. The van der Waals surface area contributed by atoms with Crippen LogP contribution in [-0.2, 0) is 0 Å². The maximum atomic E-state index is 3.86. The number of nitrogens with zero attached hydrogens (tertiary/aromatic N) is 3. The highest BCUT2D eigenvalue weighted by Crippen LogP contribution is 2.54. The number of aromatic nitrogens is 1. The molecule has 0 bridgehead atoms. The third kappa shape index (κ3) is 3.90. The quantitative estimate of drug-likeness (QED) is 0.217. The Morgan fingerprint density at radius 1 is 0.489 bits per heavy atom. The van der Waals surface area contributed by atoms with Crippen molar-refractivity contribution in [3.63, 3.8) is 0 Å². The van der Waals surface area contributed by atoms with Crippen LogP contribution in [0.4, 0.5) is 28.4 Å². The van der Waals surface area contributed by atoms with E-state index < -0.39 is 0 Å². The number of nitrogens with one attached hydrogen (secondary N) is 1. The molecule has 0 aliphatic carbocycles. The second-order valence-electron chi connectivity index (χ2n) is 12.2. The Bertz CT molecular complexity index is 2350. The molecule has 4 heteroatoms. The summed E-state index contributed by atoms with van der Waals surface area (Å²) >= 11 is 0. The van der Waals surface area contributed by atoms with Gasteiger partial charge in [0.1, 0.15) is 0 Å². The fraction of sp³-hybridized carbons (Fsp3) is 0.0233. The summed E-state index contributed by atoms with van der Waals surface area (Å²) in [6.07, 6.45) is -0.117. The molecule has 0 saturated heterocycles. The molecule has 220 valence electrons. The summed E-state index contributed by atoms with van der Waals surface area (Å²) in [5.74, 6) is 0. The zero-order chi connectivity index (χ0) is 30.9. The highest BCUT2D eigenvalue weighted by molar-refractivity contribution is 6.09. The largest absolute Gasteiger partial charge is 0.346 e. The highest BCUT2D eigenvalue weighted by atomic mass is 15.5. The van der Waals surface area contributed by atoms with Crippen molar-refractivity contribution in [3.8, 4) is 27.9 Å². The van der Waals surface area contributed by atoms with Gasteiger partial charge >= 0.3 is 0 Å². The molecule has 3 heterocycles. The Balaban J connectivity index is 1.20. The SMILES string of the molecule is c1ccc2c(c#1)c1ccccc1n2-c1ccc2c(c1)N1c3ccccc3NC1N2c1cc(-c2ccccc2)cc(-c2ccccc2)c1. The van der Waals surface area contributed by atoms with Crippen molar-refractivity contribution in [2.24, 2.45) is 0 Å². The lowest BCUT2D eigenvalue weighted by atomic mass is 9.97. The smallest absolute Gasteiger partial charge is 0.187 e. The molecule has 7 aromatic carbocycles. The van der Waals surface area contributed by atoms with Crippen molar-refractivity contribution in [2.45, 2.75) is 6.29 Å². The van der Waals surface area contributed by atoms with Crippen molar-refractivity contribution >= 4 is 50.2 Å². The van der Waals surface area contributed by atoms with Gasteiger partial charge in [0.2, 0.25) is 0 Å². The first-order valence-electron chi connectivity index (χ1n) is 16.0. The van der Waals surface area contributed by atoms with Gasteiger partial charge in [0.05, 0.1) is 39.2 Å². The van der Waals surface area contributed by atoms with Gasteiger partial charge in [0, 0.05) is 16.8 Å². The molecular formula is C43H28N4. The lowest BCUT2D eigenvalue weighted by Crippen LogP contribution is -2.40. The first kappa shape index (κ1) is 25.8. The van der Waals surface area contributed by atoms with Crippen molar-refractivity contribution in [2.75, 3.05) is 15.1 Å². The molecule has 2 aliphatic heterocycles. The summed E-state index contributed by atoms with van der Waals surface area (Å²) in [4.78, 5) is 4.89. The first-order valence-corrected chi connectivity index (χ1v) is 16.0. The van der Waals surface area contributed by atoms with Crippen molar-refractivity contribution in [3.05, 3.63) is 170 Å². The van der Waals surface area contributed by atoms with Crippen LogP contribution in [0.1, 0.15) is 0 Å². The molecule has 1 N–H and O–H groups in total. The standard InChI is InChI=1S/C43H28N4/c1-3-13-29(14-4-1)31-25-32(30-15-5-2-6-16-30)27-34(26-31)46-41-24-23-33(28-42(41)47-40-22-12-9-19-37(40)44-43(46)47)45-38-20-10-7-17-35(38)36-18-8-11-21-39(36)45/h1-7,9-17,19-28,43-44H. The predicted molar refractivity (Wildman–Crippen MR) is 194 cm³/mol. The van der Waals surface area contributed by atoms with Gasteiger partial charge in [-0.25, -0.2) is 0 Å². The third-order valence-electron chi connectivity index (χ3n) is 9.52. The second-order valence-corrected chi connectivity index (χ2v) is 12.2. The van der Waals surface area contributed by atoms with E-state index in [1.807, 2.05) is 6.07 Å². The predicted octanol–water partition coefficient (Wildman–Crippen LogP) is 10.7. The van der Waals surface area contributed by atoms with Gasteiger partial charge in [-0.2, -0.15) is 0 Å². The maximum Gasteiger partial charge on any atom is 0.187 e. The number of rotatable bonds is 4. The fourth-order valence-electron chi connectivity index (χ4n) is 7.45. The summed E-state index contributed by atoms with van der Waals surface area (Å²) in [6, 6.07) is 63.0. The van der Waals surface area contributed by atoms with Crippen LogP contribution in [0.25, 0.3) is 49.7 Å². The van der Waals surface area contributed by atoms with Crippen molar-refractivity contribution in [1.82, 2.24) is 4.57 Å². The average Bonchev–Trinajstić information content (AvgIpc) is 3.79. The number of para-hydroxylation sites is 3. The number of benzene rings is 6. The van der Waals surface area contributed by atoms with E-state index in [1.54, 1.807) is 0 Å². The summed E-state index contributed by atoms with van der Waals surface area (Å²) in [5, 5.41) is 6.12. The van der Waals surface area contributed by atoms with E-state index in [0.717, 1.165) is 44.9 Å². The number of anilines is 5. The Kier molecular flexibility index (Phi) is 5.52. The van der Waals surface area contributed by atoms with E-state index in [9.17, 15) is 0 Å². The molecule has 47 heavy (non-hydrogen) atoms. The minimum atomic E-state index is -0.117. The molecule has 2 aliphatic rings. The lowest BCUT2D eigenvalue weighted by Gasteiger charge is -2.29. The molecule has 1 atom stereocenters. The van der Waals surface area contributed by atoms with E-state index in [1.165, 1.54) is 33.3 Å². The molecule has 1 unspecified atom stereocenters. The van der Waals surface area contributed by atoms with E-state index >= 15 is 0 Å². The Labute approximate surface area is 273 Å². The summed E-state index contributed by atoms with van der Waals surface area (Å²) in [5.41, 5.74) is 13.9. The molecule has 8 aromatic rings. The number of hydrogen-bond acceptors (Lipinski definition) is 3. The van der Waals surface area contributed by atoms with Crippen LogP contribution >= 0.6 is 0 Å². The van der Waals surface area contributed by atoms with E-state index in [-0.39, 0.29) is 6.29 Å². The third-order valence-corrected chi connectivity index (χ3v) is 9.52. The van der Waals surface area contributed by atoms with Crippen LogP contribution in [0.2, 0.25) is 0 Å². The molecule has 0 amide bonds. The molecular weight excluding hydrogens is 573 g/mol. The zero-order valence-electron chi connectivity index (χ0n) is 25.4. The molecule has 4 nitrogen and oxygen atoms in total. The van der Waals surface area contributed by atoms with Gasteiger partial charge in [-0.05, 0) is 89.0 Å². The minimum absolute atomic E-state index is 0.117. The lowest BCUT2D eigenvalue weighted by molar-refractivity contribution is 0.808. The molecule has 0 fully saturated rings. The van der Waals surface area contributed by atoms with Gasteiger partial charge in [0.15, 0.2) is 6.29 Å². The fourth-order valence-corrected chi connectivity index (χ4v) is 7.45. The molecule has 0 saturated carbocycles. The van der Waals surface area contributed by atoms with Crippen LogP contribution in [0, 0.1) is 12.1 Å². The first-order chi connectivity index (χ1) is 23.3. The molecule has 1 aromatic heterocycles. The normalized spacial score (nSPS) is 14.5. The van der Waals surface area contributed by atoms with Gasteiger partial charge < -0.3 is 14.8 Å². The molecule has 10 rings (SSSR count). The van der Waals surface area contributed by atoms with Gasteiger partial charge in [-0.1, -0.05) is 103 Å². The van der Waals surface area contributed by atoms with E-state index in [4.69, 9.17) is 0 Å². The van der Waals surface area contributed by atoms with Crippen molar-refractivity contribution in [1.29, 1.82) is 0 Å². The van der Waals surface area contributed by atoms with Crippen molar-refractivity contribution < 1.29 is 0 Å². The topological polar surface area (TPSA) is 23.4 Å². The highest BCUT2D eigenvalue weighted by Gasteiger charge is 2.43. The number of hydrogen-bond donors (Lipinski definition) is 1. The Morgan fingerprint density at radius 2 is 1.19 bits per heavy atom. The second kappa shape index (κ2) is 10.0. The van der Waals surface area contributed by atoms with Gasteiger partial charge in [-0.3, -0.25) is 4.90 Å². The van der Waals surface area contributed by atoms with Crippen LogP contribution in [0.5, 0.6) is 0 Å². The Hall–Kier alpha value is -6.44. The van der Waals surface area contributed by atoms with Crippen LogP contribution in [-0.4, -0.2) is 10.9 Å². The minimum Gasteiger partial charge on any atom is -0.346 e. The summed E-state index contributed by atoms with van der Waals surface area (Å²) < 4.78 is 2.35. The van der Waals surface area contributed by atoms with Crippen LogP contribution in [0.15, 0.2) is 158 Å². The van der Waals surface area contributed by atoms with Crippen LogP contribution < -0.4 is 15.1 Å². The average molecular weight is 601 g/mol. The van der Waals surface area contributed by atoms with E-state index in [0.29, 0.717) is 0 Å². The molecule has 0 radical (unpaired) electrons. The van der Waals surface area contributed by atoms with E-state index in [2.05, 4.69) is 183 Å². The monoisotopic (exact) mass is 600 g/mol. The van der Waals surface area contributed by atoms with Gasteiger partial charge in [0.25, 0.3) is 0 Å². The van der Waals surface area contributed by atoms with Gasteiger partial charge in [-0.15, -0.1) is 0 Å². The molecule has 0 spiro atoms. The van der Waals surface area contributed by atoms with Crippen LogP contribution in [0.3, 0.4) is 0 Å². The Morgan fingerprint density at radius 3 is 1.98 bits per heavy atom. The summed E-state index contributed by atoms with van der Waals surface area (Å²) in [6.45, 7) is 0. The number of fused-ring (bicyclic) bond motifs is 8.